The molecule has 14 heteroatoms. The SMILES string of the molecule is O=C(O)CP(=O)(O)OCC1OC(n2cc(Br)c(=O)[nH]c2=O)C(O)C1O. The molecule has 5 N–H and O–H groups in total. The summed E-state index contributed by atoms with van der Waals surface area (Å²) >= 11 is 2.90. The lowest BCUT2D eigenvalue weighted by Gasteiger charge is -2.17. The van der Waals surface area contributed by atoms with Crippen molar-refractivity contribution in [3.05, 3.63) is 31.5 Å². The zero-order valence-electron chi connectivity index (χ0n) is 12.3. The number of H-pyrrole nitrogens is 1. The number of aromatic amines is 1. The minimum atomic E-state index is -4.46. The van der Waals surface area contributed by atoms with Crippen molar-refractivity contribution < 1.29 is 38.8 Å². The van der Waals surface area contributed by atoms with Crippen LogP contribution in [0, 0.1) is 0 Å². The number of aromatic nitrogens is 2. The molecule has 1 aromatic rings. The maximum Gasteiger partial charge on any atom is 0.339 e. The van der Waals surface area contributed by atoms with E-state index in [4.69, 9.17) is 9.84 Å². The molecular weight excluding hydrogens is 431 g/mol. The highest BCUT2D eigenvalue weighted by Crippen LogP contribution is 2.42. The Labute approximate surface area is 147 Å². The zero-order chi connectivity index (χ0) is 18.9. The molecule has 140 valence electrons. The minimum absolute atomic E-state index is 0.0293. The van der Waals surface area contributed by atoms with Crippen LogP contribution in [0.2, 0.25) is 0 Å². The summed E-state index contributed by atoms with van der Waals surface area (Å²) in [5, 5.41) is 28.5. The van der Waals surface area contributed by atoms with Gasteiger partial charge >= 0.3 is 19.3 Å². The summed E-state index contributed by atoms with van der Waals surface area (Å²) < 4.78 is 22.1. The second-order valence-electron chi connectivity index (χ2n) is 5.17. The van der Waals surface area contributed by atoms with Crippen molar-refractivity contribution in [2.75, 3.05) is 12.8 Å². The third kappa shape index (κ3) is 4.64. The molecule has 1 fully saturated rings. The number of carbonyl (C=O) groups is 1. The second kappa shape index (κ2) is 7.50. The molecule has 2 rings (SSSR count). The third-order valence-electron chi connectivity index (χ3n) is 3.31. The van der Waals surface area contributed by atoms with E-state index in [0.717, 1.165) is 10.8 Å². The largest absolute Gasteiger partial charge is 0.481 e. The van der Waals surface area contributed by atoms with Crippen LogP contribution in [0.15, 0.2) is 20.3 Å². The Kier molecular flexibility index (Phi) is 5.99. The zero-order valence-corrected chi connectivity index (χ0v) is 14.8. The quantitative estimate of drug-likeness (QED) is 0.313. The minimum Gasteiger partial charge on any atom is -0.481 e. The van der Waals surface area contributed by atoms with Crippen LogP contribution in [-0.4, -0.2) is 66.8 Å². The molecule has 0 spiro atoms. The number of nitrogens with one attached hydrogen (secondary N) is 1. The Hall–Kier alpha value is -1.34. The van der Waals surface area contributed by atoms with Crippen LogP contribution in [0.25, 0.3) is 0 Å². The molecule has 2 heterocycles. The van der Waals surface area contributed by atoms with Gasteiger partial charge in [0, 0.05) is 6.20 Å². The number of hydrogen-bond donors (Lipinski definition) is 5. The Morgan fingerprint density at radius 3 is 2.64 bits per heavy atom. The molecule has 0 amide bonds. The van der Waals surface area contributed by atoms with Crippen LogP contribution in [0.5, 0.6) is 0 Å². The van der Waals surface area contributed by atoms with Gasteiger partial charge in [-0.25, -0.2) is 4.79 Å². The van der Waals surface area contributed by atoms with Crippen LogP contribution < -0.4 is 11.2 Å². The fraction of sp³-hybridized carbons (Fsp3) is 0.545. The summed E-state index contributed by atoms with van der Waals surface area (Å²) in [6.07, 6.45) is -6.01. The topological polar surface area (TPSA) is 188 Å². The Morgan fingerprint density at radius 1 is 1.40 bits per heavy atom. The summed E-state index contributed by atoms with van der Waals surface area (Å²) in [6.45, 7) is -0.699. The van der Waals surface area contributed by atoms with E-state index >= 15 is 0 Å². The number of carboxylic acids is 1. The number of carboxylic acid groups (broad SMARTS) is 1. The molecule has 1 aliphatic heterocycles. The molecule has 25 heavy (non-hydrogen) atoms. The van der Waals surface area contributed by atoms with E-state index in [1.54, 1.807) is 0 Å². The standard InChI is InChI=1S/C11H14BrN2O10P/c12-4-1-14(11(20)13-9(4)19)10-8(18)7(17)5(24-10)2-23-25(21,22)3-6(15)16/h1,5,7-8,10,17-18H,2-3H2,(H,15,16)(H,21,22)(H,13,19,20). The molecule has 0 radical (unpaired) electrons. The molecule has 0 aromatic carbocycles. The van der Waals surface area contributed by atoms with Gasteiger partial charge in [0.1, 0.15) is 24.5 Å². The number of nitrogens with zero attached hydrogens (tertiary/aromatic N) is 1. The summed E-state index contributed by atoms with van der Waals surface area (Å²) in [6, 6.07) is 0. The highest BCUT2D eigenvalue weighted by Gasteiger charge is 2.45. The molecule has 0 bridgehead atoms. The Balaban J connectivity index is 2.15. The number of rotatable bonds is 6. The van der Waals surface area contributed by atoms with E-state index in [2.05, 4.69) is 20.5 Å². The highest BCUT2D eigenvalue weighted by atomic mass is 79.9. The molecule has 0 aliphatic carbocycles. The van der Waals surface area contributed by atoms with E-state index in [-0.39, 0.29) is 4.47 Å². The van der Waals surface area contributed by atoms with E-state index < -0.39 is 62.1 Å². The van der Waals surface area contributed by atoms with Crippen molar-refractivity contribution in [1.82, 2.24) is 9.55 Å². The first-order valence-electron chi connectivity index (χ1n) is 6.72. The maximum atomic E-state index is 11.8. The van der Waals surface area contributed by atoms with E-state index in [1.165, 1.54) is 0 Å². The number of aliphatic carboxylic acids is 1. The smallest absolute Gasteiger partial charge is 0.339 e. The predicted octanol–water partition coefficient (Wildman–Crippen LogP) is -1.80. The van der Waals surface area contributed by atoms with Crippen molar-refractivity contribution in [2.45, 2.75) is 24.5 Å². The Morgan fingerprint density at radius 2 is 2.04 bits per heavy atom. The number of aliphatic hydroxyl groups excluding tert-OH is 2. The van der Waals surface area contributed by atoms with Gasteiger partial charge in [0.15, 0.2) is 6.23 Å². The van der Waals surface area contributed by atoms with Gasteiger partial charge < -0.3 is 29.5 Å². The summed E-state index contributed by atoms with van der Waals surface area (Å²) in [5.41, 5.74) is -1.62. The van der Waals surface area contributed by atoms with Gasteiger partial charge in [-0.15, -0.1) is 0 Å². The fourth-order valence-corrected chi connectivity index (χ4v) is 3.29. The van der Waals surface area contributed by atoms with E-state index in [9.17, 15) is 34.1 Å². The van der Waals surface area contributed by atoms with Crippen molar-refractivity contribution in [1.29, 1.82) is 0 Å². The van der Waals surface area contributed by atoms with Gasteiger partial charge in [-0.1, -0.05) is 0 Å². The van der Waals surface area contributed by atoms with Crippen LogP contribution in [0.3, 0.4) is 0 Å². The normalized spacial score (nSPS) is 28.6. The maximum absolute atomic E-state index is 11.8. The lowest BCUT2D eigenvalue weighted by atomic mass is 10.1. The first-order valence-corrected chi connectivity index (χ1v) is 9.28. The number of ether oxygens (including phenoxy) is 1. The number of halogens is 1. The van der Waals surface area contributed by atoms with Gasteiger partial charge in [-0.2, -0.15) is 0 Å². The average Bonchev–Trinajstić information content (AvgIpc) is 2.76. The third-order valence-corrected chi connectivity index (χ3v) is 5.10. The molecule has 5 atom stereocenters. The molecule has 1 aromatic heterocycles. The van der Waals surface area contributed by atoms with Crippen LogP contribution >= 0.6 is 23.5 Å². The first kappa shape index (κ1) is 20.0. The number of hydrogen-bond acceptors (Lipinski definition) is 8. The van der Waals surface area contributed by atoms with Gasteiger partial charge in [0.05, 0.1) is 11.1 Å². The lowest BCUT2D eigenvalue weighted by Crippen LogP contribution is -2.38. The second-order valence-corrected chi connectivity index (χ2v) is 7.88. The Bertz CT molecular complexity index is 822. The van der Waals surface area contributed by atoms with Gasteiger partial charge in [-0.3, -0.25) is 23.7 Å². The molecule has 1 saturated heterocycles. The summed E-state index contributed by atoms with van der Waals surface area (Å²) in [4.78, 5) is 44.9. The van der Waals surface area contributed by atoms with Crippen molar-refractivity contribution >= 4 is 29.5 Å². The molecule has 0 saturated carbocycles. The van der Waals surface area contributed by atoms with E-state index in [0.29, 0.717) is 0 Å². The summed E-state index contributed by atoms with van der Waals surface area (Å²) in [5.74, 6) is -1.55. The predicted molar refractivity (Wildman–Crippen MR) is 83.2 cm³/mol. The van der Waals surface area contributed by atoms with Gasteiger partial charge in [0.25, 0.3) is 5.56 Å². The van der Waals surface area contributed by atoms with Crippen molar-refractivity contribution in [3.63, 3.8) is 0 Å². The van der Waals surface area contributed by atoms with Crippen LogP contribution in [0.4, 0.5) is 0 Å². The van der Waals surface area contributed by atoms with Crippen molar-refractivity contribution in [2.24, 2.45) is 0 Å². The first-order chi connectivity index (χ1) is 11.5. The average molecular weight is 445 g/mol. The summed E-state index contributed by atoms with van der Waals surface area (Å²) in [7, 11) is -4.46. The van der Waals surface area contributed by atoms with E-state index in [1.807, 2.05) is 4.98 Å². The van der Waals surface area contributed by atoms with Gasteiger partial charge in [0.2, 0.25) is 0 Å². The van der Waals surface area contributed by atoms with Crippen molar-refractivity contribution in [3.8, 4) is 0 Å². The fourth-order valence-electron chi connectivity index (χ4n) is 2.15. The molecule has 5 unspecified atom stereocenters. The van der Waals surface area contributed by atoms with Gasteiger partial charge in [-0.05, 0) is 15.9 Å². The molecule has 12 nitrogen and oxygen atoms in total. The highest BCUT2D eigenvalue weighted by molar-refractivity contribution is 9.10. The molecular formula is C11H14BrN2O10P. The molecule has 1 aliphatic rings. The number of aliphatic hydroxyl groups is 2. The van der Waals surface area contributed by atoms with Crippen LogP contribution in [-0.2, 0) is 18.6 Å². The monoisotopic (exact) mass is 444 g/mol. The van der Waals surface area contributed by atoms with Crippen LogP contribution in [0.1, 0.15) is 6.23 Å². The lowest BCUT2D eigenvalue weighted by molar-refractivity contribution is -0.134.